The molecule has 1 amide bonds. The Morgan fingerprint density at radius 1 is 1.39 bits per heavy atom. The van der Waals surface area contributed by atoms with Crippen LogP contribution in [0.4, 0.5) is 5.82 Å². The maximum atomic E-state index is 11.5. The van der Waals surface area contributed by atoms with Gasteiger partial charge in [0.2, 0.25) is 10.0 Å². The molecule has 100 valence electrons. The third kappa shape index (κ3) is 4.24. The van der Waals surface area contributed by atoms with Crippen LogP contribution in [0, 0.1) is 0 Å². The fraction of sp³-hybridized carbons (Fsp3) is 0.375. The molecule has 1 heterocycles. The molecule has 0 spiro atoms. The van der Waals surface area contributed by atoms with Crippen molar-refractivity contribution in [2.45, 2.75) is 0 Å². The van der Waals surface area contributed by atoms with Gasteiger partial charge in [0.05, 0.1) is 5.75 Å². The predicted molar refractivity (Wildman–Crippen MR) is 65.0 cm³/mol. The third-order valence-electron chi connectivity index (χ3n) is 2.01. The summed E-state index contributed by atoms with van der Waals surface area (Å²) < 4.78 is 24.3. The van der Waals surface area contributed by atoms with Gasteiger partial charge in [-0.2, -0.15) is 0 Å². The fourth-order valence-electron chi connectivity index (χ4n) is 1.02. The number of hydrogen-bond acceptors (Lipinski definition) is 7. The summed E-state index contributed by atoms with van der Waals surface area (Å²) in [7, 11) is -2.03. The maximum absolute atomic E-state index is 11.5. The molecule has 1 aromatic heterocycles. The fourth-order valence-corrected chi connectivity index (χ4v) is 1.60. The molecular weight excluding hydrogens is 260 g/mol. The first-order valence-corrected chi connectivity index (χ1v) is 6.63. The topological polar surface area (TPSA) is 139 Å². The van der Waals surface area contributed by atoms with E-state index >= 15 is 0 Å². The van der Waals surface area contributed by atoms with E-state index in [-0.39, 0.29) is 18.0 Å². The molecule has 0 atom stereocenters. The van der Waals surface area contributed by atoms with Crippen molar-refractivity contribution in [2.24, 2.45) is 5.84 Å². The summed E-state index contributed by atoms with van der Waals surface area (Å²) in [4.78, 5) is 11.5. The molecule has 0 saturated carbocycles. The quantitative estimate of drug-likeness (QED) is 0.349. The van der Waals surface area contributed by atoms with Crippen LogP contribution in [-0.4, -0.2) is 43.9 Å². The minimum absolute atomic E-state index is 0.0133. The number of anilines is 1. The van der Waals surface area contributed by atoms with Gasteiger partial charge in [0.1, 0.15) is 0 Å². The molecular formula is C8H14N6O3S. The van der Waals surface area contributed by atoms with Gasteiger partial charge in [-0.25, -0.2) is 19.0 Å². The predicted octanol–water partition coefficient (Wildman–Crippen LogP) is -1.96. The number of nitrogen functional groups attached to an aromatic ring is 1. The molecule has 1 aromatic rings. The van der Waals surface area contributed by atoms with Crippen LogP contribution in [0.2, 0.25) is 0 Å². The number of carbonyl (C=O) groups excluding carboxylic acids is 1. The van der Waals surface area contributed by atoms with Crippen molar-refractivity contribution in [1.82, 2.24) is 20.2 Å². The first-order valence-electron chi connectivity index (χ1n) is 4.98. The van der Waals surface area contributed by atoms with E-state index in [1.165, 1.54) is 19.2 Å². The molecule has 0 radical (unpaired) electrons. The summed E-state index contributed by atoms with van der Waals surface area (Å²) in [5.74, 6) is 4.71. The number of nitrogens with one attached hydrogen (secondary N) is 3. The van der Waals surface area contributed by atoms with Crippen LogP contribution in [0.3, 0.4) is 0 Å². The molecule has 18 heavy (non-hydrogen) atoms. The molecule has 0 fully saturated rings. The van der Waals surface area contributed by atoms with Crippen LogP contribution in [0.5, 0.6) is 0 Å². The first kappa shape index (κ1) is 14.3. The van der Waals surface area contributed by atoms with Gasteiger partial charge in [-0.05, 0) is 19.2 Å². The van der Waals surface area contributed by atoms with Crippen LogP contribution in [0.1, 0.15) is 10.5 Å². The second-order valence-electron chi connectivity index (χ2n) is 3.23. The lowest BCUT2D eigenvalue weighted by molar-refractivity contribution is 0.0950. The summed E-state index contributed by atoms with van der Waals surface area (Å²) in [6, 6.07) is 2.90. The standard InChI is InChI=1S/C8H14N6O3S/c1-10-18(16,17)5-4-11-8(15)6-2-3-7(12-9)14-13-6/h2-3,10H,4-5,9H2,1H3,(H,11,15)(H,12,14). The van der Waals surface area contributed by atoms with Crippen LogP contribution >= 0.6 is 0 Å². The van der Waals surface area contributed by atoms with Gasteiger partial charge in [-0.3, -0.25) is 4.79 Å². The van der Waals surface area contributed by atoms with Gasteiger partial charge in [0.25, 0.3) is 5.91 Å². The Balaban J connectivity index is 2.50. The van der Waals surface area contributed by atoms with Crippen molar-refractivity contribution in [3.05, 3.63) is 17.8 Å². The monoisotopic (exact) mass is 274 g/mol. The van der Waals surface area contributed by atoms with Crippen LogP contribution in [0.15, 0.2) is 12.1 Å². The van der Waals surface area contributed by atoms with E-state index in [0.717, 1.165) is 0 Å². The molecule has 0 bridgehead atoms. The highest BCUT2D eigenvalue weighted by molar-refractivity contribution is 7.89. The van der Waals surface area contributed by atoms with Crippen LogP contribution < -0.4 is 21.3 Å². The number of hydrazine groups is 1. The Kier molecular flexibility index (Phi) is 4.95. The summed E-state index contributed by atoms with van der Waals surface area (Å²) in [5.41, 5.74) is 2.35. The van der Waals surface area contributed by atoms with Crippen molar-refractivity contribution in [3.63, 3.8) is 0 Å². The first-order chi connectivity index (χ1) is 8.48. The largest absolute Gasteiger partial charge is 0.350 e. The molecule has 10 heteroatoms. The molecule has 5 N–H and O–H groups in total. The van der Waals surface area contributed by atoms with Crippen molar-refractivity contribution in [2.75, 3.05) is 24.8 Å². The molecule has 0 aromatic carbocycles. The van der Waals surface area contributed by atoms with E-state index in [4.69, 9.17) is 5.84 Å². The smallest absolute Gasteiger partial charge is 0.271 e. The zero-order chi connectivity index (χ0) is 13.6. The molecule has 9 nitrogen and oxygen atoms in total. The number of carbonyl (C=O) groups is 1. The molecule has 0 unspecified atom stereocenters. The number of sulfonamides is 1. The number of nitrogens with zero attached hydrogens (tertiary/aromatic N) is 2. The average Bonchev–Trinajstić information content (AvgIpc) is 2.38. The van der Waals surface area contributed by atoms with Gasteiger partial charge in [0, 0.05) is 6.54 Å². The third-order valence-corrected chi connectivity index (χ3v) is 3.38. The molecule has 0 saturated heterocycles. The Morgan fingerprint density at radius 2 is 2.11 bits per heavy atom. The maximum Gasteiger partial charge on any atom is 0.271 e. The van der Waals surface area contributed by atoms with E-state index in [1.807, 2.05) is 0 Å². The van der Waals surface area contributed by atoms with Crippen molar-refractivity contribution >= 4 is 21.7 Å². The van der Waals surface area contributed by atoms with E-state index in [2.05, 4.69) is 25.7 Å². The molecule has 1 rings (SSSR count). The average molecular weight is 274 g/mol. The number of rotatable bonds is 6. The van der Waals surface area contributed by atoms with E-state index < -0.39 is 15.9 Å². The SMILES string of the molecule is CNS(=O)(=O)CCNC(=O)c1ccc(NN)nn1. The highest BCUT2D eigenvalue weighted by Gasteiger charge is 2.10. The molecule has 0 aliphatic heterocycles. The normalized spacial score (nSPS) is 11.0. The lowest BCUT2D eigenvalue weighted by Crippen LogP contribution is -2.33. The van der Waals surface area contributed by atoms with Gasteiger partial charge in [0.15, 0.2) is 11.5 Å². The van der Waals surface area contributed by atoms with Crippen LogP contribution in [0.25, 0.3) is 0 Å². The highest BCUT2D eigenvalue weighted by Crippen LogP contribution is 1.99. The van der Waals surface area contributed by atoms with E-state index in [1.54, 1.807) is 0 Å². The second kappa shape index (κ2) is 6.23. The minimum Gasteiger partial charge on any atom is -0.350 e. The minimum atomic E-state index is -3.34. The van der Waals surface area contributed by atoms with Crippen LogP contribution in [-0.2, 0) is 10.0 Å². The van der Waals surface area contributed by atoms with Crippen molar-refractivity contribution in [3.8, 4) is 0 Å². The lowest BCUT2D eigenvalue weighted by atomic mass is 10.3. The molecule has 0 aliphatic carbocycles. The Bertz CT molecular complexity index is 500. The Hall–Kier alpha value is -1.78. The summed E-state index contributed by atoms with van der Waals surface area (Å²) in [6.45, 7) is -0.0133. The zero-order valence-electron chi connectivity index (χ0n) is 9.67. The lowest BCUT2D eigenvalue weighted by Gasteiger charge is -2.05. The van der Waals surface area contributed by atoms with Gasteiger partial charge in [-0.15, -0.1) is 10.2 Å². The summed E-state index contributed by atoms with van der Waals surface area (Å²) >= 11 is 0. The second-order valence-corrected chi connectivity index (χ2v) is 5.27. The summed E-state index contributed by atoms with van der Waals surface area (Å²) in [5, 5.41) is 9.64. The van der Waals surface area contributed by atoms with E-state index in [0.29, 0.717) is 5.82 Å². The van der Waals surface area contributed by atoms with Crippen molar-refractivity contribution < 1.29 is 13.2 Å². The molecule has 0 aliphatic rings. The number of nitrogens with two attached hydrogens (primary N) is 1. The number of hydrogen-bond donors (Lipinski definition) is 4. The van der Waals surface area contributed by atoms with Gasteiger partial charge < -0.3 is 10.7 Å². The summed E-state index contributed by atoms with van der Waals surface area (Å²) in [6.07, 6.45) is 0. The Labute approximate surface area is 104 Å². The highest BCUT2D eigenvalue weighted by atomic mass is 32.2. The van der Waals surface area contributed by atoms with E-state index in [9.17, 15) is 13.2 Å². The zero-order valence-corrected chi connectivity index (χ0v) is 10.5. The number of amides is 1. The van der Waals surface area contributed by atoms with Gasteiger partial charge >= 0.3 is 0 Å². The van der Waals surface area contributed by atoms with Gasteiger partial charge in [-0.1, -0.05) is 0 Å². The van der Waals surface area contributed by atoms with Crippen molar-refractivity contribution in [1.29, 1.82) is 0 Å². The number of aromatic nitrogens is 2. The Morgan fingerprint density at radius 3 is 2.61 bits per heavy atom.